The highest BCUT2D eigenvalue weighted by Gasteiger charge is 2.45. The van der Waals surface area contributed by atoms with E-state index in [4.69, 9.17) is 11.6 Å². The van der Waals surface area contributed by atoms with Gasteiger partial charge in [0.1, 0.15) is 29.7 Å². The van der Waals surface area contributed by atoms with Crippen LogP contribution in [0.4, 0.5) is 24.8 Å². The minimum atomic E-state index is -2.86. The van der Waals surface area contributed by atoms with Crippen LogP contribution < -0.4 is 15.1 Å². The summed E-state index contributed by atoms with van der Waals surface area (Å²) in [5.41, 5.74) is -0.261. The SMILES string of the molecule is N#Cc1cc(F)cc(N(C(=O)C2CCC(=O)N2c2nccc(C#N)n2)C(C(=O)NC2CCC(F)(F)CC2)c2ccccc2Cl)c1. The summed E-state index contributed by atoms with van der Waals surface area (Å²) in [6, 6.07) is 10.8. The molecule has 2 unspecified atom stereocenters. The Kier molecular flexibility index (Phi) is 9.02. The van der Waals surface area contributed by atoms with Gasteiger partial charge in [0.2, 0.25) is 23.7 Å². The number of anilines is 2. The maximum absolute atomic E-state index is 14.9. The summed E-state index contributed by atoms with van der Waals surface area (Å²) in [6.07, 6.45) is 0.210. The number of rotatable bonds is 7. The fourth-order valence-corrected chi connectivity index (χ4v) is 5.84. The topological polar surface area (TPSA) is 143 Å². The second-order valence-electron chi connectivity index (χ2n) is 10.8. The Morgan fingerprint density at radius 2 is 1.82 bits per heavy atom. The Morgan fingerprint density at radius 1 is 1.09 bits per heavy atom. The molecule has 1 saturated carbocycles. The van der Waals surface area contributed by atoms with E-state index in [1.807, 2.05) is 12.1 Å². The summed E-state index contributed by atoms with van der Waals surface area (Å²) in [5, 5.41) is 21.8. The molecule has 10 nitrogen and oxygen atoms in total. The van der Waals surface area contributed by atoms with Crippen molar-refractivity contribution >= 4 is 41.0 Å². The van der Waals surface area contributed by atoms with Gasteiger partial charge in [-0.05, 0) is 49.6 Å². The van der Waals surface area contributed by atoms with Crippen molar-refractivity contribution in [2.75, 3.05) is 9.80 Å². The first kappa shape index (κ1) is 31.4. The fourth-order valence-electron chi connectivity index (χ4n) is 5.60. The number of nitriles is 2. The number of hydrogen-bond acceptors (Lipinski definition) is 7. The zero-order valence-corrected chi connectivity index (χ0v) is 24.3. The Hall–Kier alpha value is -5.01. The van der Waals surface area contributed by atoms with Crippen LogP contribution in [0.3, 0.4) is 0 Å². The van der Waals surface area contributed by atoms with E-state index in [9.17, 15) is 38.1 Å². The zero-order chi connectivity index (χ0) is 32.3. The number of carbonyl (C=O) groups is 3. The molecule has 230 valence electrons. The van der Waals surface area contributed by atoms with Gasteiger partial charge < -0.3 is 5.32 Å². The van der Waals surface area contributed by atoms with Gasteiger partial charge in [0, 0.05) is 47.8 Å². The summed E-state index contributed by atoms with van der Waals surface area (Å²) in [4.78, 5) is 52.0. The Morgan fingerprint density at radius 3 is 2.51 bits per heavy atom. The first-order chi connectivity index (χ1) is 21.5. The molecular weight excluding hydrogens is 611 g/mol. The zero-order valence-electron chi connectivity index (χ0n) is 23.6. The van der Waals surface area contributed by atoms with E-state index in [1.165, 1.54) is 30.5 Å². The number of aromatic nitrogens is 2. The molecule has 2 fully saturated rings. The molecular formula is C31H25ClF3N7O3. The summed E-state index contributed by atoms with van der Waals surface area (Å²) in [7, 11) is 0. The van der Waals surface area contributed by atoms with Gasteiger partial charge in [-0.25, -0.2) is 23.1 Å². The molecule has 0 bridgehead atoms. The number of hydrogen-bond donors (Lipinski definition) is 1. The quantitative estimate of drug-likeness (QED) is 0.386. The van der Waals surface area contributed by atoms with E-state index < -0.39 is 60.4 Å². The number of halogens is 4. The standard InChI is InChI=1S/C31H25ClF3N7O3/c32-24-4-2-1-3-23(24)27(28(44)39-20-7-10-31(34,35)11-8-20)41(22-14-18(16-36)13-19(33)15-22)29(45)25-5-6-26(43)42(25)30-38-12-9-21(17-37)40-30/h1-4,9,12-15,20,25,27H,5-8,10-11H2,(H,39,44). The van der Waals surface area contributed by atoms with Gasteiger partial charge in [-0.1, -0.05) is 29.8 Å². The van der Waals surface area contributed by atoms with Crippen LogP contribution in [0.15, 0.2) is 54.7 Å². The molecule has 14 heteroatoms. The largest absolute Gasteiger partial charge is 0.351 e. The highest BCUT2D eigenvalue weighted by molar-refractivity contribution is 6.31. The van der Waals surface area contributed by atoms with Crippen molar-refractivity contribution in [3.63, 3.8) is 0 Å². The minimum Gasteiger partial charge on any atom is -0.351 e. The first-order valence-corrected chi connectivity index (χ1v) is 14.4. The highest BCUT2D eigenvalue weighted by Crippen LogP contribution is 2.38. The molecule has 1 N–H and O–H groups in total. The minimum absolute atomic E-state index is 0.0159. The molecule has 1 aliphatic heterocycles. The van der Waals surface area contributed by atoms with Gasteiger partial charge in [-0.15, -0.1) is 0 Å². The molecule has 1 aliphatic carbocycles. The first-order valence-electron chi connectivity index (χ1n) is 14.0. The number of nitrogens with zero attached hydrogens (tertiary/aromatic N) is 6. The lowest BCUT2D eigenvalue weighted by Crippen LogP contribution is -2.53. The van der Waals surface area contributed by atoms with Gasteiger partial charge in [-0.2, -0.15) is 10.5 Å². The average molecular weight is 636 g/mol. The molecule has 1 aromatic heterocycles. The van der Waals surface area contributed by atoms with Crippen molar-refractivity contribution in [3.8, 4) is 12.1 Å². The van der Waals surface area contributed by atoms with Crippen LogP contribution in [-0.4, -0.2) is 45.7 Å². The number of carbonyl (C=O) groups excluding carboxylic acids is 3. The third-order valence-electron chi connectivity index (χ3n) is 7.77. The van der Waals surface area contributed by atoms with Gasteiger partial charge in [0.15, 0.2) is 0 Å². The lowest BCUT2D eigenvalue weighted by molar-refractivity contribution is -0.128. The summed E-state index contributed by atoms with van der Waals surface area (Å²) in [5.74, 6) is -6.11. The molecule has 2 heterocycles. The molecule has 2 atom stereocenters. The fraction of sp³-hybridized carbons (Fsp3) is 0.323. The van der Waals surface area contributed by atoms with E-state index >= 15 is 0 Å². The second-order valence-corrected chi connectivity index (χ2v) is 11.2. The molecule has 0 spiro atoms. The highest BCUT2D eigenvalue weighted by atomic mass is 35.5. The maximum Gasteiger partial charge on any atom is 0.251 e. The van der Waals surface area contributed by atoms with Gasteiger partial charge in [-0.3, -0.25) is 24.2 Å². The number of benzene rings is 2. The normalized spacial score (nSPS) is 18.5. The number of amides is 3. The third kappa shape index (κ3) is 6.74. The summed E-state index contributed by atoms with van der Waals surface area (Å²) >= 11 is 6.55. The monoisotopic (exact) mass is 635 g/mol. The maximum atomic E-state index is 14.9. The Labute approximate surface area is 261 Å². The van der Waals surface area contributed by atoms with Crippen LogP contribution in [0.1, 0.15) is 61.4 Å². The average Bonchev–Trinajstić information content (AvgIpc) is 3.41. The van der Waals surface area contributed by atoms with Crippen molar-refractivity contribution in [2.45, 2.75) is 62.6 Å². The third-order valence-corrected chi connectivity index (χ3v) is 8.11. The van der Waals surface area contributed by atoms with E-state index in [2.05, 4.69) is 15.3 Å². The second kappa shape index (κ2) is 12.9. The van der Waals surface area contributed by atoms with Crippen molar-refractivity contribution in [3.05, 3.63) is 82.4 Å². The number of nitrogens with one attached hydrogen (secondary N) is 1. The lowest BCUT2D eigenvalue weighted by Gasteiger charge is -2.37. The summed E-state index contributed by atoms with van der Waals surface area (Å²) in [6.45, 7) is 0. The molecule has 5 rings (SSSR count). The van der Waals surface area contributed by atoms with E-state index in [0.717, 1.165) is 21.9 Å². The van der Waals surface area contributed by atoms with Crippen LogP contribution in [0.2, 0.25) is 5.02 Å². The Balaban J connectivity index is 1.64. The van der Waals surface area contributed by atoms with Crippen LogP contribution in [-0.2, 0) is 14.4 Å². The molecule has 3 amide bonds. The van der Waals surface area contributed by atoms with E-state index in [1.54, 1.807) is 12.1 Å². The smallest absolute Gasteiger partial charge is 0.251 e. The van der Waals surface area contributed by atoms with Gasteiger partial charge >= 0.3 is 0 Å². The van der Waals surface area contributed by atoms with Crippen LogP contribution in [0.5, 0.6) is 0 Å². The lowest BCUT2D eigenvalue weighted by atomic mass is 9.91. The molecule has 45 heavy (non-hydrogen) atoms. The van der Waals surface area contributed by atoms with Crippen LogP contribution in [0, 0.1) is 28.5 Å². The van der Waals surface area contributed by atoms with Crippen molar-refractivity contribution in [1.29, 1.82) is 10.5 Å². The van der Waals surface area contributed by atoms with Crippen molar-refractivity contribution < 1.29 is 27.6 Å². The predicted octanol–water partition coefficient (Wildman–Crippen LogP) is 4.98. The van der Waals surface area contributed by atoms with Gasteiger partial charge in [0.05, 0.1) is 11.6 Å². The van der Waals surface area contributed by atoms with E-state index in [-0.39, 0.29) is 59.2 Å². The Bertz CT molecular complexity index is 1730. The summed E-state index contributed by atoms with van der Waals surface area (Å²) < 4.78 is 42.7. The molecule has 2 aliphatic rings. The van der Waals surface area contributed by atoms with Crippen molar-refractivity contribution in [2.24, 2.45) is 0 Å². The molecule has 0 radical (unpaired) electrons. The predicted molar refractivity (Wildman–Crippen MR) is 155 cm³/mol. The molecule has 1 saturated heterocycles. The van der Waals surface area contributed by atoms with Gasteiger partial charge in [0.25, 0.3) is 5.91 Å². The van der Waals surface area contributed by atoms with Crippen molar-refractivity contribution in [1.82, 2.24) is 15.3 Å². The van der Waals surface area contributed by atoms with Crippen LogP contribution >= 0.6 is 11.6 Å². The molecule has 3 aromatic rings. The van der Waals surface area contributed by atoms with E-state index in [0.29, 0.717) is 0 Å². The van der Waals surface area contributed by atoms with Crippen LogP contribution in [0.25, 0.3) is 0 Å². The number of alkyl halides is 2. The molecule has 2 aromatic carbocycles.